The largest absolute Gasteiger partial charge is 0.481 e. The molecule has 0 radical (unpaired) electrons. The van der Waals surface area contributed by atoms with Gasteiger partial charge in [-0.05, 0) is 27.0 Å². The van der Waals surface area contributed by atoms with E-state index in [1.54, 1.807) is 0 Å². The number of hydrogen-bond acceptors (Lipinski definition) is 5. The van der Waals surface area contributed by atoms with Crippen molar-refractivity contribution in [3.8, 4) is 0 Å². The summed E-state index contributed by atoms with van der Waals surface area (Å²) in [5.74, 6) is -1.52. The first kappa shape index (κ1) is 16.6. The van der Waals surface area contributed by atoms with Crippen molar-refractivity contribution in [1.82, 2.24) is 10.0 Å². The summed E-state index contributed by atoms with van der Waals surface area (Å²) in [6.07, 6.45) is 0. The smallest absolute Gasteiger partial charge is 0.310 e. The van der Waals surface area contributed by atoms with Gasteiger partial charge in [0.15, 0.2) is 0 Å². The minimum atomic E-state index is -3.58. The Kier molecular flexibility index (Phi) is 4.90. The molecule has 0 atom stereocenters. The van der Waals surface area contributed by atoms with Gasteiger partial charge in [-0.3, -0.25) is 9.59 Å². The van der Waals surface area contributed by atoms with Crippen LogP contribution >= 0.6 is 11.3 Å². The Morgan fingerprint density at radius 3 is 2.50 bits per heavy atom. The molecule has 1 rings (SSSR count). The Balaban J connectivity index is 2.78. The third kappa shape index (κ3) is 3.78. The lowest BCUT2D eigenvalue weighted by Gasteiger charge is -2.19. The second-order valence-corrected chi connectivity index (χ2v) is 7.52. The number of rotatable bonds is 6. The van der Waals surface area contributed by atoms with Crippen LogP contribution < -0.4 is 10.0 Å². The molecule has 0 aliphatic carbocycles. The van der Waals surface area contributed by atoms with Crippen molar-refractivity contribution in [1.29, 1.82) is 0 Å². The van der Waals surface area contributed by atoms with Gasteiger partial charge in [-0.25, -0.2) is 13.1 Å². The minimum Gasteiger partial charge on any atom is -0.481 e. The number of carboxylic acids is 1. The number of thiophene rings is 1. The van der Waals surface area contributed by atoms with Gasteiger partial charge in [-0.1, -0.05) is 0 Å². The van der Waals surface area contributed by atoms with Crippen molar-refractivity contribution < 1.29 is 23.1 Å². The van der Waals surface area contributed by atoms with Gasteiger partial charge in [0, 0.05) is 11.9 Å². The maximum absolute atomic E-state index is 11.8. The van der Waals surface area contributed by atoms with Crippen molar-refractivity contribution in [2.24, 2.45) is 5.41 Å². The molecule has 0 saturated heterocycles. The first-order valence-electron chi connectivity index (χ1n) is 5.64. The zero-order chi connectivity index (χ0) is 15.6. The Bertz CT molecular complexity index is 619. The molecule has 3 N–H and O–H groups in total. The topological polar surface area (TPSA) is 113 Å². The van der Waals surface area contributed by atoms with E-state index in [9.17, 15) is 18.0 Å². The molecule has 112 valence electrons. The summed E-state index contributed by atoms with van der Waals surface area (Å²) in [5.41, 5.74) is -1.09. The Morgan fingerprint density at radius 2 is 2.00 bits per heavy atom. The fourth-order valence-corrected chi connectivity index (χ4v) is 3.08. The monoisotopic (exact) mass is 320 g/mol. The molecule has 9 heteroatoms. The quantitative estimate of drug-likeness (QED) is 0.706. The van der Waals surface area contributed by atoms with E-state index in [1.165, 1.54) is 32.3 Å². The maximum Gasteiger partial charge on any atom is 0.310 e. The molecule has 0 unspecified atom stereocenters. The predicted octanol–water partition coefficient (Wildman–Crippen LogP) is 0.497. The van der Waals surface area contributed by atoms with Crippen molar-refractivity contribution in [2.75, 3.05) is 13.6 Å². The molecular formula is C11H16N2O5S2. The summed E-state index contributed by atoms with van der Waals surface area (Å²) in [7, 11) is -2.30. The van der Waals surface area contributed by atoms with Crippen molar-refractivity contribution >= 4 is 33.2 Å². The zero-order valence-electron chi connectivity index (χ0n) is 11.3. The summed E-state index contributed by atoms with van der Waals surface area (Å²) in [6, 6.07) is 1.25. The second kappa shape index (κ2) is 5.90. The molecule has 0 saturated carbocycles. The van der Waals surface area contributed by atoms with Crippen LogP contribution in [-0.4, -0.2) is 39.0 Å². The summed E-state index contributed by atoms with van der Waals surface area (Å²) in [6.45, 7) is 2.93. The van der Waals surface area contributed by atoms with Crippen molar-refractivity contribution in [2.45, 2.75) is 18.7 Å². The van der Waals surface area contributed by atoms with Gasteiger partial charge in [0.2, 0.25) is 10.0 Å². The number of carbonyl (C=O) groups excluding carboxylic acids is 1. The first-order valence-corrected chi connectivity index (χ1v) is 8.00. The van der Waals surface area contributed by atoms with Crippen LogP contribution in [0.15, 0.2) is 16.3 Å². The van der Waals surface area contributed by atoms with Gasteiger partial charge in [-0.15, -0.1) is 11.3 Å². The van der Waals surface area contributed by atoms with E-state index in [2.05, 4.69) is 10.0 Å². The number of amides is 1. The van der Waals surface area contributed by atoms with Crippen LogP contribution in [0.3, 0.4) is 0 Å². The van der Waals surface area contributed by atoms with Crippen LogP contribution in [0.1, 0.15) is 23.5 Å². The fraction of sp³-hybridized carbons (Fsp3) is 0.455. The Labute approximate surface area is 121 Å². The lowest BCUT2D eigenvalue weighted by Crippen LogP contribution is -2.38. The van der Waals surface area contributed by atoms with E-state index in [4.69, 9.17) is 5.11 Å². The number of carbonyl (C=O) groups is 2. The number of sulfonamides is 1. The average molecular weight is 320 g/mol. The highest BCUT2D eigenvalue weighted by Crippen LogP contribution is 2.19. The first-order chi connectivity index (χ1) is 9.10. The lowest BCUT2D eigenvalue weighted by atomic mass is 9.94. The normalized spacial score (nSPS) is 12.2. The molecule has 0 fully saturated rings. The minimum absolute atomic E-state index is 0.00708. The Hall–Kier alpha value is -1.45. The van der Waals surface area contributed by atoms with E-state index >= 15 is 0 Å². The SMILES string of the molecule is CNS(=O)(=O)c1csc(C(=O)NCC(C)(C)C(=O)O)c1. The molecule has 7 nitrogen and oxygen atoms in total. The van der Waals surface area contributed by atoms with Gasteiger partial charge < -0.3 is 10.4 Å². The lowest BCUT2D eigenvalue weighted by molar-refractivity contribution is -0.146. The summed E-state index contributed by atoms with van der Waals surface area (Å²) in [5, 5.41) is 12.8. The standard InChI is InChI=1S/C11H16N2O5S2/c1-11(2,10(15)16)6-13-9(14)8-4-7(5-19-8)20(17,18)12-3/h4-5,12H,6H2,1-3H3,(H,13,14)(H,15,16). The highest BCUT2D eigenvalue weighted by Gasteiger charge is 2.28. The average Bonchev–Trinajstić information content (AvgIpc) is 2.86. The van der Waals surface area contributed by atoms with Crippen LogP contribution in [0.25, 0.3) is 0 Å². The molecule has 0 aromatic carbocycles. The maximum atomic E-state index is 11.8. The number of nitrogens with one attached hydrogen (secondary N) is 2. The van der Waals surface area contributed by atoms with Crippen molar-refractivity contribution in [3.63, 3.8) is 0 Å². The van der Waals surface area contributed by atoms with E-state index in [0.29, 0.717) is 0 Å². The van der Waals surface area contributed by atoms with Gasteiger partial charge >= 0.3 is 5.97 Å². The van der Waals surface area contributed by atoms with Crippen LogP contribution in [-0.2, 0) is 14.8 Å². The van der Waals surface area contributed by atoms with E-state index in [-0.39, 0.29) is 16.3 Å². The third-order valence-corrected chi connectivity index (χ3v) is 5.12. The number of hydrogen-bond donors (Lipinski definition) is 3. The summed E-state index contributed by atoms with van der Waals surface area (Å²) >= 11 is 0.980. The van der Waals surface area contributed by atoms with Gasteiger partial charge in [0.1, 0.15) is 0 Å². The molecule has 0 spiro atoms. The molecule has 0 aliphatic heterocycles. The van der Waals surface area contributed by atoms with Crippen LogP contribution in [0.4, 0.5) is 0 Å². The predicted molar refractivity (Wildman–Crippen MR) is 74.3 cm³/mol. The second-order valence-electron chi connectivity index (χ2n) is 4.73. The molecule has 1 amide bonds. The van der Waals surface area contributed by atoms with E-state index in [0.717, 1.165) is 11.3 Å². The van der Waals surface area contributed by atoms with Crippen LogP contribution in [0, 0.1) is 5.41 Å². The van der Waals surface area contributed by atoms with Gasteiger partial charge in [0.05, 0.1) is 15.2 Å². The summed E-state index contributed by atoms with van der Waals surface area (Å²) < 4.78 is 25.2. The third-order valence-electron chi connectivity index (χ3n) is 2.65. The molecule has 1 aromatic rings. The zero-order valence-corrected chi connectivity index (χ0v) is 12.9. The highest BCUT2D eigenvalue weighted by molar-refractivity contribution is 7.89. The van der Waals surface area contributed by atoms with Gasteiger partial charge in [-0.2, -0.15) is 0 Å². The molecule has 0 aliphatic rings. The summed E-state index contributed by atoms with van der Waals surface area (Å²) in [4.78, 5) is 23.0. The van der Waals surface area contributed by atoms with Crippen molar-refractivity contribution in [3.05, 3.63) is 16.3 Å². The molecule has 0 bridgehead atoms. The number of aliphatic carboxylic acids is 1. The molecule has 1 aromatic heterocycles. The van der Waals surface area contributed by atoms with E-state index < -0.39 is 27.3 Å². The Morgan fingerprint density at radius 1 is 1.40 bits per heavy atom. The van der Waals surface area contributed by atoms with Crippen LogP contribution in [0.2, 0.25) is 0 Å². The molecular weight excluding hydrogens is 304 g/mol. The van der Waals surface area contributed by atoms with Gasteiger partial charge in [0.25, 0.3) is 5.91 Å². The molecule has 20 heavy (non-hydrogen) atoms. The van der Waals surface area contributed by atoms with Crippen LogP contribution in [0.5, 0.6) is 0 Å². The number of carboxylic acid groups (broad SMARTS) is 1. The van der Waals surface area contributed by atoms with E-state index in [1.807, 2.05) is 0 Å². The highest BCUT2D eigenvalue weighted by atomic mass is 32.2. The molecule has 1 heterocycles. The fourth-order valence-electron chi connectivity index (χ4n) is 1.16.